The molecule has 3 atom stereocenters. The summed E-state index contributed by atoms with van der Waals surface area (Å²) in [6.07, 6.45) is 4.68. The second kappa shape index (κ2) is 11.2. The zero-order chi connectivity index (χ0) is 21.4. The van der Waals surface area contributed by atoms with Gasteiger partial charge in [0.05, 0.1) is 25.2 Å². The molecular formula is C21H37N3O4. The van der Waals surface area contributed by atoms with Gasteiger partial charge in [-0.25, -0.2) is 4.79 Å². The highest BCUT2D eigenvalue weighted by molar-refractivity contribution is 5.89. The van der Waals surface area contributed by atoms with E-state index in [0.29, 0.717) is 18.2 Å². The van der Waals surface area contributed by atoms with E-state index in [9.17, 15) is 14.4 Å². The Morgan fingerprint density at radius 1 is 1.29 bits per heavy atom. The Morgan fingerprint density at radius 3 is 2.50 bits per heavy atom. The first-order valence-electron chi connectivity index (χ1n) is 10.2. The first-order chi connectivity index (χ1) is 13.1. The van der Waals surface area contributed by atoms with Crippen LogP contribution in [0.5, 0.6) is 0 Å². The molecule has 1 aliphatic heterocycles. The van der Waals surface area contributed by atoms with E-state index in [1.807, 2.05) is 20.9 Å². The lowest BCUT2D eigenvalue weighted by Gasteiger charge is -2.37. The van der Waals surface area contributed by atoms with Crippen molar-refractivity contribution in [3.05, 3.63) is 11.6 Å². The van der Waals surface area contributed by atoms with Crippen LogP contribution in [0.3, 0.4) is 0 Å². The van der Waals surface area contributed by atoms with Gasteiger partial charge in [0.2, 0.25) is 11.8 Å². The van der Waals surface area contributed by atoms with Crippen LogP contribution in [-0.4, -0.2) is 73.0 Å². The van der Waals surface area contributed by atoms with Crippen molar-refractivity contribution < 1.29 is 19.1 Å². The number of rotatable bonds is 8. The van der Waals surface area contributed by atoms with Gasteiger partial charge in [0.15, 0.2) is 0 Å². The quantitative estimate of drug-likeness (QED) is 0.502. The first-order valence-corrected chi connectivity index (χ1v) is 10.2. The van der Waals surface area contributed by atoms with Gasteiger partial charge in [-0.1, -0.05) is 19.9 Å². The van der Waals surface area contributed by atoms with E-state index in [1.165, 1.54) is 0 Å². The molecular weight excluding hydrogens is 358 g/mol. The van der Waals surface area contributed by atoms with E-state index in [0.717, 1.165) is 19.3 Å². The van der Waals surface area contributed by atoms with Crippen LogP contribution in [0.4, 0.5) is 0 Å². The zero-order valence-electron chi connectivity index (χ0n) is 18.4. The first kappa shape index (κ1) is 24.1. The minimum Gasteiger partial charge on any atom is -0.463 e. The second-order valence-corrected chi connectivity index (χ2v) is 7.99. The third-order valence-corrected chi connectivity index (χ3v) is 5.54. The van der Waals surface area contributed by atoms with Crippen molar-refractivity contribution in [2.24, 2.45) is 5.92 Å². The van der Waals surface area contributed by atoms with Gasteiger partial charge in [-0.05, 0) is 53.0 Å². The smallest absolute Gasteiger partial charge is 0.333 e. The van der Waals surface area contributed by atoms with Crippen LogP contribution in [0, 0.1) is 5.92 Å². The third kappa shape index (κ3) is 6.62. The molecule has 2 amide bonds. The van der Waals surface area contributed by atoms with Gasteiger partial charge in [0.1, 0.15) is 0 Å². The average molecular weight is 396 g/mol. The molecule has 28 heavy (non-hydrogen) atoms. The maximum atomic E-state index is 12.7. The van der Waals surface area contributed by atoms with Crippen LogP contribution in [0.1, 0.15) is 53.9 Å². The standard InChI is InChI=1S/C21H37N3O4/c1-8-28-21(27)15(4)12-18(14(2)3)24(7)19(25)13-22-20(26)17-11-9-10-16(5)23(17)6/h12,14,16-18H,8-11,13H2,1-7H3,(H,22,26)/b15-12+/t16?,17?,18-/m1/s1. The summed E-state index contributed by atoms with van der Waals surface area (Å²) in [5.74, 6) is -0.558. The number of hydrogen-bond donors (Lipinski definition) is 1. The molecule has 0 aliphatic carbocycles. The summed E-state index contributed by atoms with van der Waals surface area (Å²) in [5, 5.41) is 2.79. The van der Waals surface area contributed by atoms with E-state index in [1.54, 1.807) is 31.9 Å². The Morgan fingerprint density at radius 2 is 1.93 bits per heavy atom. The van der Waals surface area contributed by atoms with E-state index >= 15 is 0 Å². The topological polar surface area (TPSA) is 79.0 Å². The highest BCUT2D eigenvalue weighted by atomic mass is 16.5. The predicted octanol–water partition coefficient (Wildman–Crippen LogP) is 1.97. The number of ether oxygens (including phenoxy) is 1. The van der Waals surface area contributed by atoms with E-state index in [-0.39, 0.29) is 42.3 Å². The van der Waals surface area contributed by atoms with Gasteiger partial charge in [0, 0.05) is 18.7 Å². The Balaban J connectivity index is 2.71. The number of carbonyl (C=O) groups is 3. The monoisotopic (exact) mass is 395 g/mol. The molecule has 7 heteroatoms. The number of carbonyl (C=O) groups excluding carboxylic acids is 3. The van der Waals surface area contributed by atoms with Crippen LogP contribution in [0.25, 0.3) is 0 Å². The second-order valence-electron chi connectivity index (χ2n) is 7.99. The SMILES string of the molecule is CCOC(=O)/C(C)=C/[C@H](C(C)C)N(C)C(=O)CNC(=O)C1CCCC(C)N1C. The number of piperidine rings is 1. The molecule has 1 saturated heterocycles. The number of amides is 2. The van der Waals surface area contributed by atoms with Crippen LogP contribution in [0.2, 0.25) is 0 Å². The van der Waals surface area contributed by atoms with E-state index in [4.69, 9.17) is 4.74 Å². The number of nitrogens with one attached hydrogen (secondary N) is 1. The minimum atomic E-state index is -0.378. The highest BCUT2D eigenvalue weighted by Crippen LogP contribution is 2.21. The summed E-state index contributed by atoms with van der Waals surface area (Å²) in [4.78, 5) is 40.7. The summed E-state index contributed by atoms with van der Waals surface area (Å²) in [6, 6.07) is -0.0796. The van der Waals surface area contributed by atoms with Crippen LogP contribution in [-0.2, 0) is 19.1 Å². The largest absolute Gasteiger partial charge is 0.463 e. The van der Waals surface area contributed by atoms with Crippen LogP contribution >= 0.6 is 0 Å². The molecule has 0 bridgehead atoms. The molecule has 1 N–H and O–H groups in total. The Labute approximate surface area is 169 Å². The van der Waals surface area contributed by atoms with Crippen LogP contribution < -0.4 is 5.32 Å². The minimum absolute atomic E-state index is 0.0520. The fraction of sp³-hybridized carbons (Fsp3) is 0.762. The maximum Gasteiger partial charge on any atom is 0.333 e. The summed E-state index contributed by atoms with van der Waals surface area (Å²) in [7, 11) is 3.66. The molecule has 0 aromatic heterocycles. The lowest BCUT2D eigenvalue weighted by molar-refractivity contribution is -0.138. The van der Waals surface area contributed by atoms with E-state index in [2.05, 4.69) is 17.1 Å². The van der Waals surface area contributed by atoms with Crippen molar-refractivity contribution in [3.63, 3.8) is 0 Å². The molecule has 1 fully saturated rings. The molecule has 0 aromatic carbocycles. The Kier molecular flexibility index (Phi) is 9.65. The molecule has 0 radical (unpaired) electrons. The molecule has 7 nitrogen and oxygen atoms in total. The van der Waals surface area contributed by atoms with Crippen molar-refractivity contribution in [1.82, 2.24) is 15.1 Å². The Hall–Kier alpha value is -1.89. The summed E-state index contributed by atoms with van der Waals surface area (Å²) >= 11 is 0. The average Bonchev–Trinajstić information content (AvgIpc) is 2.65. The van der Waals surface area contributed by atoms with Gasteiger partial charge in [0.25, 0.3) is 0 Å². The number of likely N-dealkylation sites (N-methyl/N-ethyl adjacent to an activating group) is 2. The molecule has 160 valence electrons. The number of esters is 1. The number of hydrogen-bond acceptors (Lipinski definition) is 5. The lowest BCUT2D eigenvalue weighted by atomic mass is 9.97. The third-order valence-electron chi connectivity index (χ3n) is 5.54. The summed E-state index contributed by atoms with van der Waals surface area (Å²) < 4.78 is 5.02. The molecule has 1 heterocycles. The normalized spacial score (nSPS) is 21.9. The van der Waals surface area contributed by atoms with E-state index < -0.39 is 0 Å². The summed E-state index contributed by atoms with van der Waals surface area (Å²) in [6.45, 7) is 9.79. The number of likely N-dealkylation sites (tertiary alicyclic amines) is 1. The molecule has 1 rings (SSSR count). The van der Waals surface area contributed by atoms with Crippen molar-refractivity contribution in [2.75, 3.05) is 27.2 Å². The van der Waals surface area contributed by atoms with Crippen molar-refractivity contribution >= 4 is 17.8 Å². The van der Waals surface area contributed by atoms with Gasteiger partial charge >= 0.3 is 5.97 Å². The predicted molar refractivity (Wildman–Crippen MR) is 110 cm³/mol. The molecule has 2 unspecified atom stereocenters. The van der Waals surface area contributed by atoms with Gasteiger partial charge in [-0.15, -0.1) is 0 Å². The Bertz CT molecular complexity index is 588. The molecule has 1 aliphatic rings. The molecule has 0 aromatic rings. The summed E-state index contributed by atoms with van der Waals surface area (Å²) in [5.41, 5.74) is 0.474. The van der Waals surface area contributed by atoms with Crippen molar-refractivity contribution in [3.8, 4) is 0 Å². The fourth-order valence-corrected chi connectivity index (χ4v) is 3.53. The van der Waals surface area contributed by atoms with Crippen molar-refractivity contribution in [2.45, 2.75) is 72.0 Å². The van der Waals surface area contributed by atoms with Crippen molar-refractivity contribution in [1.29, 1.82) is 0 Å². The van der Waals surface area contributed by atoms with Gasteiger partial charge in [-0.2, -0.15) is 0 Å². The van der Waals surface area contributed by atoms with Gasteiger partial charge in [-0.3, -0.25) is 14.5 Å². The number of nitrogens with zero attached hydrogens (tertiary/aromatic N) is 2. The van der Waals surface area contributed by atoms with Gasteiger partial charge < -0.3 is 15.0 Å². The molecule has 0 spiro atoms. The molecule has 0 saturated carbocycles. The highest BCUT2D eigenvalue weighted by Gasteiger charge is 2.30. The fourth-order valence-electron chi connectivity index (χ4n) is 3.53. The maximum absolute atomic E-state index is 12.7. The zero-order valence-corrected chi connectivity index (χ0v) is 18.4. The van der Waals surface area contributed by atoms with Crippen LogP contribution in [0.15, 0.2) is 11.6 Å². The lowest BCUT2D eigenvalue weighted by Crippen LogP contribution is -2.53.